The second kappa shape index (κ2) is 12.9. The number of aromatic nitrogens is 1. The van der Waals surface area contributed by atoms with E-state index in [0.717, 1.165) is 16.5 Å². The van der Waals surface area contributed by atoms with Gasteiger partial charge in [-0.25, -0.2) is 4.98 Å². The molecule has 0 aliphatic rings. The van der Waals surface area contributed by atoms with Crippen LogP contribution in [0.1, 0.15) is 26.3 Å². The van der Waals surface area contributed by atoms with Crippen LogP contribution < -0.4 is 20.2 Å². The van der Waals surface area contributed by atoms with Crippen LogP contribution in [0, 0.1) is 5.92 Å². The van der Waals surface area contributed by atoms with Crippen LogP contribution in [0.3, 0.4) is 0 Å². The van der Waals surface area contributed by atoms with E-state index in [-0.39, 0.29) is 11.7 Å². The molecule has 3 aromatic rings. The Morgan fingerprint density at radius 2 is 1.79 bits per heavy atom. The molecule has 0 saturated heterocycles. The molecule has 0 amide bonds. The number of hydrogen-bond acceptors (Lipinski definition) is 5. The molecular weight excluding hydrogens is 513 g/mol. The standard InChI is InChI=1S/C28H27F3N4O2S/c1-5-6-7-24(18(2)3)19(4)33-27(38)35-32-17-20-8-14-25-21(16-20)9-15-26(34-25)36-22-10-12-23(13-11-22)37-28(29,30)31/h5-18H,4H2,1-3H3,(H2,33,35,38)/b6-5-,24-7-,32-17+. The molecule has 2 aromatic carbocycles. The van der Waals surface area contributed by atoms with E-state index in [2.05, 4.69) is 46.0 Å². The minimum atomic E-state index is -4.75. The summed E-state index contributed by atoms with van der Waals surface area (Å²) in [7, 11) is 0. The number of rotatable bonds is 9. The van der Waals surface area contributed by atoms with E-state index in [4.69, 9.17) is 17.0 Å². The highest BCUT2D eigenvalue weighted by molar-refractivity contribution is 7.80. The molecule has 1 aromatic heterocycles. The van der Waals surface area contributed by atoms with Crippen molar-refractivity contribution in [1.82, 2.24) is 15.7 Å². The van der Waals surface area contributed by atoms with Crippen molar-refractivity contribution in [2.24, 2.45) is 11.0 Å². The maximum atomic E-state index is 12.3. The number of nitrogens with one attached hydrogen (secondary N) is 2. The number of allylic oxidation sites excluding steroid dienone is 4. The van der Waals surface area contributed by atoms with Crippen molar-refractivity contribution in [2.75, 3.05) is 0 Å². The summed E-state index contributed by atoms with van der Waals surface area (Å²) >= 11 is 5.32. The van der Waals surface area contributed by atoms with Crippen LogP contribution in [0.4, 0.5) is 13.2 Å². The SMILES string of the molecule is C=C(NC(=S)N/N=C/c1ccc2nc(Oc3ccc(OC(F)(F)F)cc3)ccc2c1)/C(=C\C=C/C)C(C)C. The molecule has 0 spiro atoms. The van der Waals surface area contributed by atoms with Crippen molar-refractivity contribution >= 4 is 34.4 Å². The van der Waals surface area contributed by atoms with E-state index < -0.39 is 6.36 Å². The summed E-state index contributed by atoms with van der Waals surface area (Å²) in [5, 5.41) is 8.41. The third kappa shape index (κ3) is 8.74. The number of hydrogen-bond donors (Lipinski definition) is 2. The normalized spacial score (nSPS) is 12.3. The van der Waals surface area contributed by atoms with Crippen LogP contribution in [0.25, 0.3) is 10.9 Å². The number of pyridine rings is 1. The quantitative estimate of drug-likeness (QED) is 0.128. The molecule has 0 aliphatic carbocycles. The molecule has 0 bridgehead atoms. The first-order valence-electron chi connectivity index (χ1n) is 11.6. The van der Waals surface area contributed by atoms with Gasteiger partial charge in [0.15, 0.2) is 5.11 Å². The van der Waals surface area contributed by atoms with Gasteiger partial charge in [-0.15, -0.1) is 13.2 Å². The smallest absolute Gasteiger partial charge is 0.439 e. The Kier molecular flexibility index (Phi) is 9.61. The van der Waals surface area contributed by atoms with Gasteiger partial charge >= 0.3 is 6.36 Å². The van der Waals surface area contributed by atoms with Gasteiger partial charge in [0.25, 0.3) is 0 Å². The van der Waals surface area contributed by atoms with Crippen molar-refractivity contribution in [3.63, 3.8) is 0 Å². The van der Waals surface area contributed by atoms with Crippen molar-refractivity contribution < 1.29 is 22.6 Å². The lowest BCUT2D eigenvalue weighted by Crippen LogP contribution is -2.32. The lowest BCUT2D eigenvalue weighted by atomic mass is 10.00. The highest BCUT2D eigenvalue weighted by atomic mass is 32.1. The fourth-order valence-corrected chi connectivity index (χ4v) is 3.51. The van der Waals surface area contributed by atoms with Crippen LogP contribution in [-0.2, 0) is 0 Å². The van der Waals surface area contributed by atoms with Gasteiger partial charge in [-0.1, -0.05) is 44.7 Å². The van der Waals surface area contributed by atoms with Gasteiger partial charge in [0.05, 0.1) is 11.7 Å². The predicted molar refractivity (Wildman–Crippen MR) is 148 cm³/mol. The van der Waals surface area contributed by atoms with E-state index in [1.54, 1.807) is 12.3 Å². The van der Waals surface area contributed by atoms with E-state index in [1.165, 1.54) is 24.3 Å². The van der Waals surface area contributed by atoms with Gasteiger partial charge < -0.3 is 14.8 Å². The molecule has 0 aliphatic heterocycles. The van der Waals surface area contributed by atoms with Crippen molar-refractivity contribution in [3.8, 4) is 17.4 Å². The van der Waals surface area contributed by atoms with Gasteiger partial charge in [0.1, 0.15) is 11.5 Å². The molecule has 0 unspecified atom stereocenters. The summed E-state index contributed by atoms with van der Waals surface area (Å²) in [5.74, 6) is 0.563. The lowest BCUT2D eigenvalue weighted by molar-refractivity contribution is -0.274. The zero-order chi connectivity index (χ0) is 27.7. The summed E-state index contributed by atoms with van der Waals surface area (Å²) in [5.41, 5.74) is 6.02. The molecule has 3 rings (SSSR count). The molecule has 0 fully saturated rings. The molecule has 0 atom stereocenters. The summed E-state index contributed by atoms with van der Waals surface area (Å²) in [4.78, 5) is 4.44. The number of halogens is 3. The van der Waals surface area contributed by atoms with E-state index in [1.807, 2.05) is 49.4 Å². The van der Waals surface area contributed by atoms with E-state index in [0.29, 0.717) is 28.0 Å². The van der Waals surface area contributed by atoms with Crippen LogP contribution in [0.2, 0.25) is 0 Å². The average molecular weight is 541 g/mol. The van der Waals surface area contributed by atoms with Crippen LogP contribution in [0.5, 0.6) is 17.4 Å². The summed E-state index contributed by atoms with van der Waals surface area (Å²) < 4.78 is 46.4. The van der Waals surface area contributed by atoms with Crippen molar-refractivity contribution in [2.45, 2.75) is 27.1 Å². The number of benzene rings is 2. The summed E-state index contributed by atoms with van der Waals surface area (Å²) in [6, 6.07) is 14.1. The highest BCUT2D eigenvalue weighted by Gasteiger charge is 2.31. The van der Waals surface area contributed by atoms with Crippen molar-refractivity contribution in [3.05, 3.63) is 96.2 Å². The zero-order valence-electron chi connectivity index (χ0n) is 21.0. The molecule has 6 nitrogen and oxygen atoms in total. The maximum absolute atomic E-state index is 12.3. The Hall–Kier alpha value is -4.18. The van der Waals surface area contributed by atoms with Gasteiger partial charge in [-0.2, -0.15) is 5.10 Å². The minimum absolute atomic E-state index is 0.271. The molecule has 198 valence electrons. The van der Waals surface area contributed by atoms with Gasteiger partial charge in [-0.05, 0) is 78.7 Å². The van der Waals surface area contributed by atoms with Crippen LogP contribution in [0.15, 0.2) is 95.8 Å². The number of alkyl halides is 3. The maximum Gasteiger partial charge on any atom is 0.573 e. The fourth-order valence-electron chi connectivity index (χ4n) is 3.34. The Bertz CT molecular complexity index is 1380. The number of nitrogens with zero attached hydrogens (tertiary/aromatic N) is 2. The molecule has 1 heterocycles. The first-order chi connectivity index (χ1) is 18.0. The molecular formula is C28H27F3N4O2S. The molecule has 0 radical (unpaired) electrons. The number of ether oxygens (including phenoxy) is 2. The Morgan fingerprint density at radius 1 is 1.08 bits per heavy atom. The second-order valence-corrected chi connectivity index (χ2v) is 8.74. The number of hydrazone groups is 1. The van der Waals surface area contributed by atoms with Gasteiger partial charge in [0.2, 0.25) is 5.88 Å². The molecule has 2 N–H and O–H groups in total. The van der Waals surface area contributed by atoms with Crippen LogP contribution in [-0.4, -0.2) is 22.7 Å². The first-order valence-corrected chi connectivity index (χ1v) is 12.0. The molecule has 38 heavy (non-hydrogen) atoms. The molecule has 10 heteroatoms. The third-order valence-corrected chi connectivity index (χ3v) is 5.24. The number of thiocarbonyl (C=S) groups is 1. The first kappa shape index (κ1) is 28.4. The predicted octanol–water partition coefficient (Wildman–Crippen LogP) is 7.40. The Morgan fingerprint density at radius 3 is 2.45 bits per heavy atom. The average Bonchev–Trinajstić information content (AvgIpc) is 2.84. The van der Waals surface area contributed by atoms with Gasteiger partial charge in [-0.3, -0.25) is 5.43 Å². The lowest BCUT2D eigenvalue weighted by Gasteiger charge is -2.16. The second-order valence-electron chi connectivity index (χ2n) is 8.33. The number of fused-ring (bicyclic) bond motifs is 1. The zero-order valence-corrected chi connectivity index (χ0v) is 21.9. The minimum Gasteiger partial charge on any atom is -0.439 e. The Labute approximate surface area is 224 Å². The summed E-state index contributed by atoms with van der Waals surface area (Å²) in [6.45, 7) is 10.2. The topological polar surface area (TPSA) is 67.8 Å². The van der Waals surface area contributed by atoms with Crippen LogP contribution >= 0.6 is 12.2 Å². The van der Waals surface area contributed by atoms with Crippen molar-refractivity contribution in [1.29, 1.82) is 0 Å². The molecule has 0 saturated carbocycles. The Balaban J connectivity index is 1.59. The fraction of sp³-hybridized carbons (Fsp3) is 0.179. The van der Waals surface area contributed by atoms with Gasteiger partial charge in [0, 0.05) is 17.1 Å². The van der Waals surface area contributed by atoms with E-state index >= 15 is 0 Å². The summed E-state index contributed by atoms with van der Waals surface area (Å²) in [6.07, 6.45) is 2.77. The largest absolute Gasteiger partial charge is 0.573 e. The highest BCUT2D eigenvalue weighted by Crippen LogP contribution is 2.27. The third-order valence-electron chi connectivity index (χ3n) is 5.05. The monoisotopic (exact) mass is 540 g/mol. The van der Waals surface area contributed by atoms with E-state index in [9.17, 15) is 13.2 Å².